The zero-order valence-corrected chi connectivity index (χ0v) is 12.6. The number of hydrogen-bond donors (Lipinski definition) is 1. The molecule has 1 aromatic heterocycles. The van der Waals surface area contributed by atoms with Gasteiger partial charge in [0.05, 0.1) is 6.61 Å². The van der Waals surface area contributed by atoms with Crippen molar-refractivity contribution in [3.8, 4) is 0 Å². The molecule has 5 nitrogen and oxygen atoms in total. The summed E-state index contributed by atoms with van der Waals surface area (Å²) >= 11 is 0. The molecule has 0 unspecified atom stereocenters. The highest BCUT2D eigenvalue weighted by Crippen LogP contribution is 2.06. The number of carboxylic acid groups (broad SMARTS) is 1. The van der Waals surface area contributed by atoms with Crippen molar-refractivity contribution in [1.29, 1.82) is 0 Å². The van der Waals surface area contributed by atoms with Crippen LogP contribution in [0.1, 0.15) is 41.9 Å². The van der Waals surface area contributed by atoms with Crippen molar-refractivity contribution in [1.82, 2.24) is 4.57 Å². The Morgan fingerprint density at radius 1 is 1.35 bits per heavy atom. The molecule has 0 aromatic carbocycles. The molecule has 0 amide bonds. The Bertz CT molecular complexity index is 531. The van der Waals surface area contributed by atoms with Gasteiger partial charge in [-0.3, -0.25) is 4.79 Å². The van der Waals surface area contributed by atoms with Crippen LogP contribution in [0.25, 0.3) is 0 Å². The number of carboxylic acids is 1. The van der Waals surface area contributed by atoms with Crippen LogP contribution in [0.3, 0.4) is 0 Å². The van der Waals surface area contributed by atoms with Crippen LogP contribution in [-0.4, -0.2) is 28.9 Å². The van der Waals surface area contributed by atoms with Crippen LogP contribution < -0.4 is 5.56 Å². The lowest BCUT2D eigenvalue weighted by atomic mass is 10.1. The summed E-state index contributed by atoms with van der Waals surface area (Å²) in [7, 11) is 0. The Labute approximate surface area is 119 Å². The van der Waals surface area contributed by atoms with Gasteiger partial charge < -0.3 is 14.4 Å². The Morgan fingerprint density at radius 3 is 2.55 bits per heavy atom. The van der Waals surface area contributed by atoms with Gasteiger partial charge in [-0.15, -0.1) is 0 Å². The van der Waals surface area contributed by atoms with Gasteiger partial charge in [0.25, 0.3) is 5.56 Å². The first-order valence-electron chi connectivity index (χ1n) is 6.86. The van der Waals surface area contributed by atoms with Crippen molar-refractivity contribution in [3.63, 3.8) is 0 Å². The van der Waals surface area contributed by atoms with Gasteiger partial charge in [-0.2, -0.15) is 0 Å². The van der Waals surface area contributed by atoms with Crippen LogP contribution in [0, 0.1) is 19.8 Å². The van der Waals surface area contributed by atoms with Gasteiger partial charge in [0.15, 0.2) is 0 Å². The zero-order valence-electron chi connectivity index (χ0n) is 12.6. The second kappa shape index (κ2) is 7.24. The number of aromatic nitrogens is 1. The molecule has 0 aliphatic heterocycles. The molecule has 0 saturated heterocycles. The number of aromatic carboxylic acids is 1. The summed E-state index contributed by atoms with van der Waals surface area (Å²) in [5.74, 6) is -0.598. The fraction of sp³-hybridized carbons (Fsp3) is 0.600. The van der Waals surface area contributed by atoms with Crippen molar-refractivity contribution >= 4 is 5.97 Å². The normalized spacial score (nSPS) is 11.1. The molecule has 0 fully saturated rings. The number of carbonyl (C=O) groups is 1. The molecule has 112 valence electrons. The molecular weight excluding hydrogens is 258 g/mol. The number of rotatable bonds is 7. The van der Waals surface area contributed by atoms with Gasteiger partial charge in [0.2, 0.25) is 0 Å². The van der Waals surface area contributed by atoms with E-state index in [-0.39, 0.29) is 5.56 Å². The van der Waals surface area contributed by atoms with Crippen molar-refractivity contribution in [2.75, 3.05) is 13.2 Å². The van der Waals surface area contributed by atoms with Gasteiger partial charge in [-0.25, -0.2) is 4.79 Å². The fourth-order valence-corrected chi connectivity index (χ4v) is 2.04. The van der Waals surface area contributed by atoms with Crippen LogP contribution in [0.15, 0.2) is 10.9 Å². The number of hydrogen-bond acceptors (Lipinski definition) is 3. The molecular formula is C15H23NO4. The van der Waals surface area contributed by atoms with E-state index < -0.39 is 11.5 Å². The maximum absolute atomic E-state index is 12.2. The SMILES string of the molecule is Cc1cc(C)n(CCOCCC(C)C)c(=O)c1C(=O)O. The van der Waals surface area contributed by atoms with Gasteiger partial charge in [-0.1, -0.05) is 13.8 Å². The molecule has 0 radical (unpaired) electrons. The molecule has 5 heteroatoms. The van der Waals surface area contributed by atoms with Crippen molar-refractivity contribution in [2.45, 2.75) is 40.7 Å². The minimum absolute atomic E-state index is 0.155. The molecule has 1 N–H and O–H groups in total. The number of nitrogens with zero attached hydrogens (tertiary/aromatic N) is 1. The van der Waals surface area contributed by atoms with Gasteiger partial charge >= 0.3 is 5.97 Å². The maximum Gasteiger partial charge on any atom is 0.341 e. The van der Waals surface area contributed by atoms with E-state index >= 15 is 0 Å². The third-order valence-corrected chi connectivity index (χ3v) is 3.22. The van der Waals surface area contributed by atoms with E-state index in [0.717, 1.165) is 12.1 Å². The largest absolute Gasteiger partial charge is 0.477 e. The van der Waals surface area contributed by atoms with E-state index in [2.05, 4.69) is 13.8 Å². The van der Waals surface area contributed by atoms with Crippen LogP contribution in [0.5, 0.6) is 0 Å². The van der Waals surface area contributed by atoms with Crippen molar-refractivity contribution in [2.24, 2.45) is 5.92 Å². The first-order chi connectivity index (χ1) is 9.34. The van der Waals surface area contributed by atoms with E-state index in [1.165, 1.54) is 4.57 Å². The van der Waals surface area contributed by atoms with Crippen LogP contribution in [0.4, 0.5) is 0 Å². The quantitative estimate of drug-likeness (QED) is 0.778. The van der Waals surface area contributed by atoms with E-state index in [1.54, 1.807) is 19.9 Å². The number of aryl methyl sites for hydroxylation is 2. The molecule has 0 bridgehead atoms. The summed E-state index contributed by atoms with van der Waals surface area (Å²) in [4.78, 5) is 23.3. The van der Waals surface area contributed by atoms with E-state index in [1.807, 2.05) is 0 Å². The lowest BCUT2D eigenvalue weighted by Gasteiger charge is -2.13. The number of pyridine rings is 1. The van der Waals surface area contributed by atoms with Gasteiger partial charge in [-0.05, 0) is 37.8 Å². The highest BCUT2D eigenvalue weighted by Gasteiger charge is 2.16. The third kappa shape index (κ3) is 4.20. The Kier molecular flexibility index (Phi) is 5.95. The Hall–Kier alpha value is -1.62. The average molecular weight is 281 g/mol. The highest BCUT2D eigenvalue weighted by molar-refractivity contribution is 5.88. The van der Waals surface area contributed by atoms with Crippen LogP contribution in [0.2, 0.25) is 0 Å². The second-order valence-corrected chi connectivity index (χ2v) is 5.40. The topological polar surface area (TPSA) is 68.5 Å². The summed E-state index contributed by atoms with van der Waals surface area (Å²) in [6.07, 6.45) is 0.974. The summed E-state index contributed by atoms with van der Waals surface area (Å²) in [5.41, 5.74) is 0.641. The fourth-order valence-electron chi connectivity index (χ4n) is 2.04. The highest BCUT2D eigenvalue weighted by atomic mass is 16.5. The molecule has 0 aliphatic carbocycles. The summed E-state index contributed by atoms with van der Waals surface area (Å²) in [5, 5.41) is 9.09. The molecule has 1 rings (SSSR count). The van der Waals surface area contributed by atoms with Crippen molar-refractivity contribution < 1.29 is 14.6 Å². The Morgan fingerprint density at radius 2 is 2.00 bits per heavy atom. The zero-order chi connectivity index (χ0) is 15.3. The first kappa shape index (κ1) is 16.4. The molecule has 20 heavy (non-hydrogen) atoms. The summed E-state index contributed by atoms with van der Waals surface area (Å²) < 4.78 is 6.95. The smallest absolute Gasteiger partial charge is 0.341 e. The molecule has 0 atom stereocenters. The Balaban J connectivity index is 2.78. The van der Waals surface area contributed by atoms with E-state index in [4.69, 9.17) is 9.84 Å². The second-order valence-electron chi connectivity index (χ2n) is 5.40. The monoisotopic (exact) mass is 281 g/mol. The maximum atomic E-state index is 12.2. The minimum Gasteiger partial charge on any atom is -0.477 e. The lowest BCUT2D eigenvalue weighted by Crippen LogP contribution is -2.30. The summed E-state index contributed by atoms with van der Waals surface area (Å²) in [6, 6.07) is 1.72. The number of ether oxygens (including phenoxy) is 1. The van der Waals surface area contributed by atoms with Gasteiger partial charge in [0, 0.05) is 18.8 Å². The predicted molar refractivity (Wildman–Crippen MR) is 77.4 cm³/mol. The molecule has 1 heterocycles. The van der Waals surface area contributed by atoms with Crippen molar-refractivity contribution in [3.05, 3.63) is 33.2 Å². The lowest BCUT2D eigenvalue weighted by molar-refractivity contribution is 0.0692. The molecule has 0 aliphatic rings. The van der Waals surface area contributed by atoms with Gasteiger partial charge in [0.1, 0.15) is 5.56 Å². The third-order valence-electron chi connectivity index (χ3n) is 3.22. The molecule has 0 saturated carbocycles. The van der Waals surface area contributed by atoms with E-state index in [9.17, 15) is 9.59 Å². The predicted octanol–water partition coefficient (Wildman–Crippen LogP) is 2.23. The first-order valence-corrected chi connectivity index (χ1v) is 6.86. The standard InChI is InChI=1S/C15H23NO4/c1-10(2)5-7-20-8-6-16-12(4)9-11(3)13(14(16)17)15(18)19/h9-10H,5-8H2,1-4H3,(H,18,19). The summed E-state index contributed by atoms with van der Waals surface area (Å²) in [6.45, 7) is 9.13. The van der Waals surface area contributed by atoms with Crippen LogP contribution in [-0.2, 0) is 11.3 Å². The molecule has 1 aromatic rings. The molecule has 0 spiro atoms. The minimum atomic E-state index is -1.18. The van der Waals surface area contributed by atoms with Crippen LogP contribution >= 0.6 is 0 Å². The average Bonchev–Trinajstić information content (AvgIpc) is 2.30. The van der Waals surface area contributed by atoms with E-state index in [0.29, 0.717) is 31.2 Å².